The molecule has 0 atom stereocenters. The maximum absolute atomic E-state index is 11.3. The van der Waals surface area contributed by atoms with E-state index in [1.54, 1.807) is 54.2 Å². The van der Waals surface area contributed by atoms with Crippen LogP contribution in [0.25, 0.3) is 21.9 Å². The number of methoxy groups -OCH3 is 5. The third-order valence-corrected chi connectivity index (χ3v) is 25.4. The van der Waals surface area contributed by atoms with E-state index in [-0.39, 0.29) is 28.2 Å². The highest BCUT2D eigenvalue weighted by Crippen LogP contribution is 2.33. The van der Waals surface area contributed by atoms with Gasteiger partial charge in [-0.05, 0) is 309 Å². The Morgan fingerprint density at radius 2 is 0.578 bits per heavy atom. The van der Waals surface area contributed by atoms with E-state index in [4.69, 9.17) is 28.4 Å². The summed E-state index contributed by atoms with van der Waals surface area (Å²) in [5, 5.41) is 2.73. The van der Waals surface area contributed by atoms with E-state index in [9.17, 15) is 4.79 Å². The molecule has 9 heteroatoms. The van der Waals surface area contributed by atoms with Crippen molar-refractivity contribution in [3.8, 4) is 39.9 Å². The van der Waals surface area contributed by atoms with Crippen molar-refractivity contribution in [3.05, 3.63) is 421 Å². The largest absolute Gasteiger partial charge is 0.497 e. The number of carbonyl (C=O) groups excluding carboxylic acids is 1. The van der Waals surface area contributed by atoms with Crippen molar-refractivity contribution in [2.45, 2.75) is 313 Å². The van der Waals surface area contributed by atoms with Crippen LogP contribution in [0.2, 0.25) is 0 Å². The first-order chi connectivity index (χ1) is 68.3. The Balaban J connectivity index is 0.00000158. The maximum atomic E-state index is 11.3. The van der Waals surface area contributed by atoms with Gasteiger partial charge in [0.15, 0.2) is 0 Å². The van der Waals surface area contributed by atoms with Crippen LogP contribution in [-0.2, 0) is 4.74 Å². The Morgan fingerprint density at radius 3 is 0.898 bits per heavy atom. The molecular formula is C138H195NO7S. The van der Waals surface area contributed by atoms with Gasteiger partial charge < -0.3 is 33.3 Å². The molecule has 0 spiro atoms. The molecule has 14 aromatic carbocycles. The number of carbonyl (C=O) groups is 1. The number of hydrogen-bond acceptors (Lipinski definition) is 9. The number of hydrogen-bond donors (Lipinski definition) is 0. The van der Waals surface area contributed by atoms with Crippen LogP contribution in [0.3, 0.4) is 0 Å². The lowest BCUT2D eigenvalue weighted by atomic mass is 9.96. The van der Waals surface area contributed by atoms with Gasteiger partial charge in [-0.3, -0.25) is 0 Å². The van der Waals surface area contributed by atoms with Gasteiger partial charge in [0.2, 0.25) is 0 Å². The van der Waals surface area contributed by atoms with Crippen LogP contribution in [-0.4, -0.2) is 68.5 Å². The van der Waals surface area contributed by atoms with E-state index < -0.39 is 0 Å². The average Bonchev–Trinajstić information content (AvgIpc) is 0.820. The quantitative estimate of drug-likeness (QED) is 0.0487. The zero-order valence-electron chi connectivity index (χ0n) is 95.9. The highest BCUT2D eigenvalue weighted by atomic mass is 32.2. The van der Waals surface area contributed by atoms with Crippen LogP contribution >= 0.6 is 11.8 Å². The van der Waals surface area contributed by atoms with E-state index in [1.165, 1.54) is 133 Å². The second-order valence-electron chi connectivity index (χ2n) is 40.5. The van der Waals surface area contributed by atoms with Crippen LogP contribution in [0.15, 0.2) is 320 Å². The molecule has 147 heavy (non-hydrogen) atoms. The van der Waals surface area contributed by atoms with Crippen molar-refractivity contribution in [2.24, 2.45) is 0 Å². The Morgan fingerprint density at radius 1 is 0.279 bits per heavy atom. The summed E-state index contributed by atoms with van der Waals surface area (Å²) in [4.78, 5) is 14.8. The SMILES string of the molecule is C.C.C.CC(C)c1ccc(-c2ccccc2)cc1.CC(C)c1ccc(N(C)C)cc1.CC(C)c1cccc2ccccc12.CC(C)c1ccccc1.CCOC(=O)c1ccc(C(C)C)cc1.COc1c(C)cc(C(C)C)cc1C.COc1ccc(C(C)C)cc1.COc1ccc(C(C)C)cc1C.COc1ccc(C(C)C)cc1C.COc1ccc(C(C)C)cc1C.CSc1ccc(C(C)C)cc1.Cc1cccc(C(C)C)c1. The molecule has 14 aromatic rings. The Kier molecular flexibility index (Phi) is 67.1. The molecule has 0 saturated heterocycles. The van der Waals surface area contributed by atoms with Gasteiger partial charge in [0, 0.05) is 24.7 Å². The number of thioether (sulfide) groups is 1. The van der Waals surface area contributed by atoms with Crippen molar-refractivity contribution in [3.63, 3.8) is 0 Å². The van der Waals surface area contributed by atoms with Crippen molar-refractivity contribution >= 4 is 34.2 Å². The van der Waals surface area contributed by atoms with E-state index in [2.05, 4.69) is 482 Å². The highest BCUT2D eigenvalue weighted by Gasteiger charge is 2.13. The van der Waals surface area contributed by atoms with E-state index in [0.717, 1.165) is 28.7 Å². The third-order valence-electron chi connectivity index (χ3n) is 24.6. The van der Waals surface area contributed by atoms with Gasteiger partial charge in [0.05, 0.1) is 47.7 Å². The molecule has 0 bridgehead atoms. The number of aryl methyl sites for hydroxylation is 6. The summed E-state index contributed by atoms with van der Waals surface area (Å²) in [6.45, 7) is 67.6. The standard InChI is InChI=1S/C15H16.C13H14.C12H16O2.C12H18O.C11H17N.3C11H16O.C10H14O.C10H14S.C10H14.C9H12.3CH4/c1-12(2)13-8-10-15(11-9-13)14-6-4-3-5-7-14;1-10(2)12-9-5-7-11-6-3-4-8-13(11)12;1-4-14-12(13)11-7-5-10(6-8-11)9(2)3;1-8(2)11-6-9(3)12(13-5)10(4)7-11;1-9(2)10-5-7-11(8-6-10)12(3)4;3*1-8(2)10-5-6-11(12-4)9(3)7-10;2*1-8(2)9-4-6-10(11-3)7-5-9;1-8(2)10-6-4-5-9(3)7-10;1-8(2)9-6-4-3-5-7-9;;;/h3-12H,1-2H3;3-10H,1-2H3;5-9H,4H2,1-3H3;6-8H,1-5H3;5-9H,1-4H3;3*5-8H,1-4H3;2*4-8H,1-3H3;4-8H,1-3H3;3-8H,1-2H3;3*1H4. The van der Waals surface area contributed by atoms with Crippen LogP contribution in [0.4, 0.5) is 5.69 Å². The molecule has 0 unspecified atom stereocenters. The number of nitrogens with zero attached hydrogens (tertiary/aromatic N) is 1. The average molecular weight is 2010 g/mol. The first kappa shape index (κ1) is 135. The van der Waals surface area contributed by atoms with E-state index in [1.807, 2.05) is 66.7 Å². The molecule has 0 aliphatic carbocycles. The van der Waals surface area contributed by atoms with Crippen molar-refractivity contribution < 1.29 is 33.2 Å². The van der Waals surface area contributed by atoms with Gasteiger partial charge in [0.25, 0.3) is 0 Å². The van der Waals surface area contributed by atoms with Crippen LogP contribution in [0.5, 0.6) is 28.7 Å². The first-order valence-corrected chi connectivity index (χ1v) is 53.2. The maximum Gasteiger partial charge on any atom is 0.338 e. The zero-order valence-corrected chi connectivity index (χ0v) is 96.7. The lowest BCUT2D eigenvalue weighted by molar-refractivity contribution is 0.0526. The Labute approximate surface area is 902 Å². The number of anilines is 1. The number of rotatable bonds is 22. The summed E-state index contributed by atoms with van der Waals surface area (Å²) < 4.78 is 30.8. The lowest BCUT2D eigenvalue weighted by Crippen LogP contribution is -2.08. The summed E-state index contributed by atoms with van der Waals surface area (Å²) in [6, 6.07) is 110. The summed E-state index contributed by atoms with van der Waals surface area (Å²) in [5.41, 5.74) is 28.5. The van der Waals surface area contributed by atoms with E-state index in [0.29, 0.717) is 83.2 Å². The van der Waals surface area contributed by atoms with Crippen molar-refractivity contribution in [1.29, 1.82) is 0 Å². The molecule has 0 amide bonds. The molecule has 0 N–H and O–H groups in total. The minimum absolute atomic E-state index is 0. The summed E-state index contributed by atoms with van der Waals surface area (Å²) in [6.07, 6.45) is 2.10. The molecule has 0 aliphatic rings. The highest BCUT2D eigenvalue weighted by molar-refractivity contribution is 7.98. The Bertz CT molecular complexity index is 5580. The molecule has 0 radical (unpaired) electrons. The molecule has 800 valence electrons. The number of esters is 1. The van der Waals surface area contributed by atoms with Crippen LogP contribution < -0.4 is 28.6 Å². The first-order valence-electron chi connectivity index (χ1n) is 52.0. The summed E-state index contributed by atoms with van der Waals surface area (Å²) >= 11 is 1.79. The monoisotopic (exact) mass is 2010 g/mol. The molecular weight excluding hydrogens is 1820 g/mol. The normalized spacial score (nSPS) is 10.3. The molecule has 0 aliphatic heterocycles. The molecule has 0 fully saturated rings. The van der Waals surface area contributed by atoms with Crippen molar-refractivity contribution in [1.82, 2.24) is 0 Å². The van der Waals surface area contributed by atoms with Gasteiger partial charge >= 0.3 is 5.97 Å². The van der Waals surface area contributed by atoms with Crippen LogP contribution in [0.1, 0.15) is 377 Å². The molecule has 0 aromatic heterocycles. The predicted molar refractivity (Wildman–Crippen MR) is 653 cm³/mol. The number of ether oxygens (including phenoxy) is 6. The predicted octanol–water partition coefficient (Wildman–Crippen LogP) is 41.3. The molecule has 14 rings (SSSR count). The summed E-state index contributed by atoms with van der Waals surface area (Å²) in [5.74, 6) is 11.9. The molecule has 8 nitrogen and oxygen atoms in total. The fourth-order valence-corrected chi connectivity index (χ4v) is 15.5. The Hall–Kier alpha value is -12.0. The lowest BCUT2D eigenvalue weighted by Gasteiger charge is -2.13. The number of fused-ring (bicyclic) bond motifs is 1. The minimum Gasteiger partial charge on any atom is -0.497 e. The van der Waals surface area contributed by atoms with Crippen molar-refractivity contribution in [2.75, 3.05) is 67.4 Å². The van der Waals surface area contributed by atoms with Gasteiger partial charge in [-0.25, -0.2) is 4.79 Å². The number of benzene rings is 14. The topological polar surface area (TPSA) is 75.7 Å². The zero-order chi connectivity index (χ0) is 108. The van der Waals surface area contributed by atoms with Gasteiger partial charge in [-0.15, -0.1) is 11.8 Å². The van der Waals surface area contributed by atoms with Crippen LogP contribution in [0, 0.1) is 41.5 Å². The van der Waals surface area contributed by atoms with Gasteiger partial charge in [-0.2, -0.15) is 0 Å². The van der Waals surface area contributed by atoms with E-state index >= 15 is 0 Å². The summed E-state index contributed by atoms with van der Waals surface area (Å²) in [7, 11) is 12.6. The van der Waals surface area contributed by atoms with Gasteiger partial charge in [-0.1, -0.05) is 443 Å². The van der Waals surface area contributed by atoms with Gasteiger partial charge in [0.1, 0.15) is 28.7 Å². The fourth-order valence-electron chi connectivity index (χ4n) is 15.1. The second-order valence-corrected chi connectivity index (χ2v) is 41.4. The second kappa shape index (κ2) is 73.1. The smallest absolute Gasteiger partial charge is 0.338 e. The minimum atomic E-state index is -0.247. The molecule has 0 heterocycles. The molecule has 0 saturated carbocycles. The fraction of sp³-hybridized carbons (Fsp3) is 0.399. The third kappa shape index (κ3) is 50.5.